The molecule has 100 valence electrons. The van der Waals surface area contributed by atoms with Crippen molar-refractivity contribution in [1.29, 1.82) is 0 Å². The van der Waals surface area contributed by atoms with Gasteiger partial charge in [0.1, 0.15) is 11.4 Å². The van der Waals surface area contributed by atoms with Crippen molar-refractivity contribution >= 4 is 21.7 Å². The highest BCUT2D eigenvalue weighted by atomic mass is 32.2. The fraction of sp³-hybridized carbons (Fsp3) is 0.778. The number of esters is 1. The number of rotatable bonds is 5. The van der Waals surface area contributed by atoms with E-state index in [2.05, 4.69) is 0 Å². The van der Waals surface area contributed by atoms with Gasteiger partial charge in [-0.3, -0.25) is 9.59 Å². The molecule has 8 heteroatoms. The van der Waals surface area contributed by atoms with Crippen LogP contribution in [0.25, 0.3) is 0 Å². The summed E-state index contributed by atoms with van der Waals surface area (Å²) in [5.41, 5.74) is 9.27. The predicted molar refractivity (Wildman–Crippen MR) is 61.7 cm³/mol. The zero-order valence-corrected chi connectivity index (χ0v) is 10.9. The van der Waals surface area contributed by atoms with Crippen LogP contribution < -0.4 is 11.5 Å². The minimum atomic E-state index is -3.80. The molecular weight excluding hydrogens is 248 g/mol. The van der Waals surface area contributed by atoms with Gasteiger partial charge in [-0.1, -0.05) is 0 Å². The summed E-state index contributed by atoms with van der Waals surface area (Å²) in [6.45, 7) is 4.85. The number of nitrogens with two attached hydrogens (primary N) is 2. The normalized spacial score (nSPS) is 14.1. The third kappa shape index (κ3) is 7.70. The molecule has 1 unspecified atom stereocenters. The molecule has 0 aromatic heterocycles. The van der Waals surface area contributed by atoms with E-state index < -0.39 is 44.9 Å². The molecule has 0 fully saturated rings. The van der Waals surface area contributed by atoms with E-state index >= 15 is 0 Å². The van der Waals surface area contributed by atoms with E-state index in [1.807, 2.05) is 0 Å². The lowest BCUT2D eigenvalue weighted by Gasteiger charge is -2.19. The van der Waals surface area contributed by atoms with E-state index in [0.29, 0.717) is 0 Å². The Morgan fingerprint density at radius 1 is 1.29 bits per heavy atom. The van der Waals surface area contributed by atoms with E-state index in [4.69, 9.17) is 16.2 Å². The van der Waals surface area contributed by atoms with Crippen LogP contribution in [0.4, 0.5) is 0 Å². The van der Waals surface area contributed by atoms with Crippen LogP contribution in [0.2, 0.25) is 0 Å². The van der Waals surface area contributed by atoms with Crippen molar-refractivity contribution in [2.24, 2.45) is 11.5 Å². The number of carbonyl (C=O) groups is 2. The Morgan fingerprint density at radius 2 is 1.76 bits per heavy atom. The summed E-state index contributed by atoms with van der Waals surface area (Å²) in [5.74, 6) is -3.29. The average Bonchev–Trinajstić information content (AvgIpc) is 1.96. The average molecular weight is 266 g/mol. The SMILES string of the molecule is CC(C)(C)OC(=O)CS(=O)(=O)CC(N)C(N)=O. The lowest BCUT2D eigenvalue weighted by Crippen LogP contribution is -2.43. The lowest BCUT2D eigenvalue weighted by molar-refractivity contribution is -0.151. The Hall–Kier alpha value is -1.15. The minimum absolute atomic E-state index is 0.665. The molecule has 4 N–H and O–H groups in total. The number of hydrogen-bond donors (Lipinski definition) is 2. The van der Waals surface area contributed by atoms with Gasteiger partial charge in [-0.15, -0.1) is 0 Å². The topological polar surface area (TPSA) is 130 Å². The van der Waals surface area contributed by atoms with Gasteiger partial charge in [0.25, 0.3) is 0 Å². The Labute approximate surface area is 100 Å². The van der Waals surface area contributed by atoms with Crippen LogP contribution in [0.1, 0.15) is 20.8 Å². The summed E-state index contributed by atoms with van der Waals surface area (Å²) in [4.78, 5) is 21.9. The smallest absolute Gasteiger partial charge is 0.321 e. The summed E-state index contributed by atoms with van der Waals surface area (Å²) >= 11 is 0. The van der Waals surface area contributed by atoms with Gasteiger partial charge in [0, 0.05) is 0 Å². The number of ether oxygens (including phenoxy) is 1. The van der Waals surface area contributed by atoms with Crippen LogP contribution in [-0.4, -0.2) is 43.4 Å². The summed E-state index contributed by atoms with van der Waals surface area (Å²) in [7, 11) is -3.80. The van der Waals surface area contributed by atoms with Gasteiger partial charge in [-0.2, -0.15) is 0 Å². The quantitative estimate of drug-likeness (QED) is 0.586. The first-order chi connectivity index (χ1) is 7.43. The van der Waals surface area contributed by atoms with Crippen LogP contribution >= 0.6 is 0 Å². The summed E-state index contributed by atoms with van der Waals surface area (Å²) < 4.78 is 27.7. The number of carbonyl (C=O) groups excluding carboxylic acids is 2. The first-order valence-electron chi connectivity index (χ1n) is 4.90. The lowest BCUT2D eigenvalue weighted by atomic mass is 10.2. The molecule has 0 aromatic carbocycles. The van der Waals surface area contributed by atoms with Gasteiger partial charge in [-0.05, 0) is 20.8 Å². The number of hydrogen-bond acceptors (Lipinski definition) is 6. The molecule has 1 amide bonds. The summed E-state index contributed by atoms with van der Waals surface area (Å²) in [6, 6.07) is -1.32. The van der Waals surface area contributed by atoms with Crippen molar-refractivity contribution in [3.05, 3.63) is 0 Å². The highest BCUT2D eigenvalue weighted by Crippen LogP contribution is 2.08. The number of primary amides is 1. The zero-order chi connectivity index (χ0) is 13.9. The first-order valence-corrected chi connectivity index (χ1v) is 6.72. The predicted octanol–water partition coefficient (Wildman–Crippen LogP) is -1.44. The van der Waals surface area contributed by atoms with Crippen molar-refractivity contribution in [3.63, 3.8) is 0 Å². The third-order valence-electron chi connectivity index (χ3n) is 1.56. The zero-order valence-electron chi connectivity index (χ0n) is 10.1. The molecule has 17 heavy (non-hydrogen) atoms. The van der Waals surface area contributed by atoms with Gasteiger partial charge >= 0.3 is 5.97 Å². The Morgan fingerprint density at radius 3 is 2.12 bits per heavy atom. The molecule has 0 bridgehead atoms. The van der Waals surface area contributed by atoms with Crippen molar-refractivity contribution in [2.45, 2.75) is 32.4 Å². The molecule has 0 aliphatic heterocycles. The minimum Gasteiger partial charge on any atom is -0.459 e. The second kappa shape index (κ2) is 5.46. The Balaban J connectivity index is 4.47. The van der Waals surface area contributed by atoms with Crippen molar-refractivity contribution < 1.29 is 22.7 Å². The highest BCUT2D eigenvalue weighted by Gasteiger charge is 2.26. The van der Waals surface area contributed by atoms with Gasteiger partial charge in [0.15, 0.2) is 9.84 Å². The maximum Gasteiger partial charge on any atom is 0.321 e. The first kappa shape index (κ1) is 15.9. The maximum absolute atomic E-state index is 11.5. The van der Waals surface area contributed by atoms with Crippen LogP contribution in [0.3, 0.4) is 0 Å². The second-order valence-electron chi connectivity index (χ2n) is 4.65. The fourth-order valence-electron chi connectivity index (χ4n) is 0.965. The molecule has 0 spiro atoms. The van der Waals surface area contributed by atoms with Crippen LogP contribution in [0.5, 0.6) is 0 Å². The molecule has 0 radical (unpaired) electrons. The molecule has 0 aliphatic carbocycles. The molecule has 0 aromatic rings. The number of sulfone groups is 1. The van der Waals surface area contributed by atoms with Crippen LogP contribution in [0, 0.1) is 0 Å². The Bertz CT molecular complexity index is 396. The fourth-order valence-corrected chi connectivity index (χ4v) is 2.21. The standard InChI is InChI=1S/C9H18N2O5S/c1-9(2,3)16-7(12)5-17(14,15)4-6(10)8(11)13/h6H,4-5,10H2,1-3H3,(H2,11,13). The molecule has 0 rings (SSSR count). The van der Waals surface area contributed by atoms with E-state index in [-0.39, 0.29) is 0 Å². The molecule has 1 atom stereocenters. The molecule has 0 aliphatic rings. The number of amides is 1. The summed E-state index contributed by atoms with van der Waals surface area (Å²) in [6.07, 6.45) is 0. The second-order valence-corrected chi connectivity index (χ2v) is 6.76. The van der Waals surface area contributed by atoms with Gasteiger partial charge < -0.3 is 16.2 Å². The van der Waals surface area contributed by atoms with Gasteiger partial charge in [0.05, 0.1) is 11.8 Å². The molecule has 0 heterocycles. The molecular formula is C9H18N2O5S. The third-order valence-corrected chi connectivity index (χ3v) is 3.10. The molecule has 7 nitrogen and oxygen atoms in total. The van der Waals surface area contributed by atoms with Crippen molar-refractivity contribution in [3.8, 4) is 0 Å². The monoisotopic (exact) mass is 266 g/mol. The molecule has 0 saturated heterocycles. The van der Waals surface area contributed by atoms with Gasteiger partial charge in [-0.25, -0.2) is 8.42 Å². The molecule has 0 saturated carbocycles. The van der Waals surface area contributed by atoms with E-state index in [9.17, 15) is 18.0 Å². The van der Waals surface area contributed by atoms with E-state index in [1.54, 1.807) is 20.8 Å². The maximum atomic E-state index is 11.5. The van der Waals surface area contributed by atoms with E-state index in [1.165, 1.54) is 0 Å². The van der Waals surface area contributed by atoms with Crippen LogP contribution in [-0.2, 0) is 24.2 Å². The van der Waals surface area contributed by atoms with Crippen molar-refractivity contribution in [2.75, 3.05) is 11.5 Å². The van der Waals surface area contributed by atoms with Crippen LogP contribution in [0.15, 0.2) is 0 Å². The largest absolute Gasteiger partial charge is 0.459 e. The van der Waals surface area contributed by atoms with Crippen molar-refractivity contribution in [1.82, 2.24) is 0 Å². The van der Waals surface area contributed by atoms with E-state index in [0.717, 1.165) is 0 Å². The Kier molecular flexibility index (Phi) is 5.09. The summed E-state index contributed by atoms with van der Waals surface area (Å²) in [5, 5.41) is 0. The highest BCUT2D eigenvalue weighted by molar-refractivity contribution is 7.92. The van der Waals surface area contributed by atoms with Gasteiger partial charge in [0.2, 0.25) is 5.91 Å².